The van der Waals surface area contributed by atoms with Gasteiger partial charge in [0.1, 0.15) is 12.2 Å². The summed E-state index contributed by atoms with van der Waals surface area (Å²) in [4.78, 5) is 37.3. The van der Waals surface area contributed by atoms with Gasteiger partial charge in [0.25, 0.3) is 0 Å². The van der Waals surface area contributed by atoms with Crippen molar-refractivity contribution in [2.45, 2.75) is 90.3 Å². The molecule has 180 valence electrons. The van der Waals surface area contributed by atoms with Crippen molar-refractivity contribution in [3.8, 4) is 0 Å². The SMILES string of the molecule is CC(=O)OC1CC(C)C23CC(CC(OC(=O)c4ccccc4)C2(C)C1OC(C)=O)C(C)(C)O3. The van der Waals surface area contributed by atoms with Gasteiger partial charge in [-0.1, -0.05) is 25.1 Å². The zero-order chi connectivity index (χ0) is 24.2. The van der Waals surface area contributed by atoms with Crippen molar-refractivity contribution >= 4 is 17.9 Å². The van der Waals surface area contributed by atoms with E-state index in [4.69, 9.17) is 18.9 Å². The standard InChI is InChI=1S/C26H34O7/c1-15-12-20(30-16(2)27)22(31-17(3)28)25(6)21(32-23(29)18-10-8-7-9-11-18)13-19-14-26(15,25)33-24(19,4)5/h7-11,15,19-22H,12-14H2,1-6H3. The Hall–Kier alpha value is -2.41. The fourth-order valence-electron chi connectivity index (χ4n) is 6.63. The molecule has 2 aliphatic carbocycles. The molecule has 2 saturated carbocycles. The van der Waals surface area contributed by atoms with Crippen LogP contribution in [0.4, 0.5) is 0 Å². The molecule has 1 saturated heterocycles. The molecule has 3 aliphatic rings. The van der Waals surface area contributed by atoms with Gasteiger partial charge < -0.3 is 18.9 Å². The van der Waals surface area contributed by atoms with E-state index in [1.54, 1.807) is 24.3 Å². The molecule has 33 heavy (non-hydrogen) atoms. The number of esters is 3. The van der Waals surface area contributed by atoms with Gasteiger partial charge in [0.15, 0.2) is 6.10 Å². The Labute approximate surface area is 195 Å². The third kappa shape index (κ3) is 3.74. The van der Waals surface area contributed by atoms with Gasteiger partial charge in [0, 0.05) is 13.8 Å². The number of ether oxygens (including phenoxy) is 4. The summed E-state index contributed by atoms with van der Waals surface area (Å²) in [6.45, 7) is 10.9. The average Bonchev–Trinajstić information content (AvgIpc) is 2.97. The molecule has 7 atom stereocenters. The fourth-order valence-corrected chi connectivity index (χ4v) is 6.63. The molecule has 3 fully saturated rings. The van der Waals surface area contributed by atoms with Crippen LogP contribution in [0.5, 0.6) is 0 Å². The Balaban J connectivity index is 1.81. The van der Waals surface area contributed by atoms with Gasteiger partial charge in [-0.05, 0) is 64.0 Å². The third-order valence-corrected chi connectivity index (χ3v) is 8.24. The number of rotatable bonds is 4. The number of benzene rings is 1. The Morgan fingerprint density at radius 3 is 2.18 bits per heavy atom. The smallest absolute Gasteiger partial charge is 0.338 e. The van der Waals surface area contributed by atoms with Crippen LogP contribution in [0.15, 0.2) is 30.3 Å². The van der Waals surface area contributed by atoms with Crippen molar-refractivity contribution in [3.63, 3.8) is 0 Å². The Bertz CT molecular complexity index is 941. The second kappa shape index (κ2) is 8.12. The summed E-state index contributed by atoms with van der Waals surface area (Å²) >= 11 is 0. The van der Waals surface area contributed by atoms with Gasteiger partial charge in [-0.15, -0.1) is 0 Å². The molecule has 7 heteroatoms. The molecular formula is C26H34O7. The molecule has 1 aromatic rings. The molecular weight excluding hydrogens is 424 g/mol. The zero-order valence-corrected chi connectivity index (χ0v) is 20.3. The van der Waals surface area contributed by atoms with E-state index < -0.39 is 52.8 Å². The van der Waals surface area contributed by atoms with Crippen LogP contribution in [-0.4, -0.2) is 47.4 Å². The van der Waals surface area contributed by atoms with Crippen molar-refractivity contribution in [3.05, 3.63) is 35.9 Å². The molecule has 2 bridgehead atoms. The van der Waals surface area contributed by atoms with Gasteiger partial charge in [-0.2, -0.15) is 0 Å². The molecule has 0 N–H and O–H groups in total. The second-order valence-electron chi connectivity index (χ2n) is 10.6. The van der Waals surface area contributed by atoms with E-state index in [9.17, 15) is 14.4 Å². The molecule has 4 rings (SSSR count). The quantitative estimate of drug-likeness (QED) is 0.496. The first kappa shape index (κ1) is 23.7. The second-order valence-corrected chi connectivity index (χ2v) is 10.6. The van der Waals surface area contributed by atoms with E-state index >= 15 is 0 Å². The third-order valence-electron chi connectivity index (χ3n) is 8.24. The molecule has 1 aromatic carbocycles. The first-order valence-corrected chi connectivity index (χ1v) is 11.7. The van der Waals surface area contributed by atoms with E-state index in [0.717, 1.165) is 6.42 Å². The van der Waals surface area contributed by atoms with E-state index in [0.29, 0.717) is 18.4 Å². The van der Waals surface area contributed by atoms with E-state index in [-0.39, 0.29) is 11.8 Å². The summed E-state index contributed by atoms with van der Waals surface area (Å²) in [6, 6.07) is 8.85. The highest BCUT2D eigenvalue weighted by Crippen LogP contribution is 2.67. The van der Waals surface area contributed by atoms with Crippen molar-refractivity contribution in [1.82, 2.24) is 0 Å². The minimum atomic E-state index is -0.912. The van der Waals surface area contributed by atoms with Gasteiger partial charge >= 0.3 is 17.9 Å². The topological polar surface area (TPSA) is 88.1 Å². The van der Waals surface area contributed by atoms with Crippen LogP contribution < -0.4 is 0 Å². The molecule has 7 unspecified atom stereocenters. The first-order chi connectivity index (χ1) is 15.4. The van der Waals surface area contributed by atoms with Gasteiger partial charge in [-0.25, -0.2) is 4.79 Å². The number of hydrogen-bond donors (Lipinski definition) is 0. The highest BCUT2D eigenvalue weighted by atomic mass is 16.6. The van der Waals surface area contributed by atoms with Gasteiger partial charge in [-0.3, -0.25) is 9.59 Å². The molecule has 0 amide bonds. The number of fused-ring (bicyclic) bond motifs is 1. The summed E-state index contributed by atoms with van der Waals surface area (Å²) < 4.78 is 24.6. The monoisotopic (exact) mass is 458 g/mol. The molecule has 1 heterocycles. The van der Waals surface area contributed by atoms with E-state index in [1.807, 2.05) is 13.0 Å². The van der Waals surface area contributed by atoms with Crippen molar-refractivity contribution in [2.75, 3.05) is 0 Å². The lowest BCUT2D eigenvalue weighted by atomic mass is 9.49. The average molecular weight is 459 g/mol. The lowest BCUT2D eigenvalue weighted by Crippen LogP contribution is -2.71. The van der Waals surface area contributed by atoms with Crippen LogP contribution in [-0.2, 0) is 28.5 Å². The van der Waals surface area contributed by atoms with E-state index in [2.05, 4.69) is 20.8 Å². The van der Waals surface area contributed by atoms with Crippen LogP contribution >= 0.6 is 0 Å². The van der Waals surface area contributed by atoms with E-state index in [1.165, 1.54) is 13.8 Å². The maximum Gasteiger partial charge on any atom is 0.338 e. The maximum atomic E-state index is 13.1. The van der Waals surface area contributed by atoms with Gasteiger partial charge in [0.05, 0.1) is 22.2 Å². The predicted molar refractivity (Wildman–Crippen MR) is 119 cm³/mol. The summed E-state index contributed by atoms with van der Waals surface area (Å²) in [5.41, 5.74) is -1.58. The summed E-state index contributed by atoms with van der Waals surface area (Å²) in [5.74, 6) is -1.19. The molecule has 0 aromatic heterocycles. The van der Waals surface area contributed by atoms with Crippen molar-refractivity contribution in [2.24, 2.45) is 17.3 Å². The predicted octanol–water partition coefficient (Wildman–Crippen LogP) is 4.08. The minimum absolute atomic E-state index is 0.0128. The fraction of sp³-hybridized carbons (Fsp3) is 0.654. The zero-order valence-electron chi connectivity index (χ0n) is 20.3. The van der Waals surface area contributed by atoms with Crippen molar-refractivity contribution in [1.29, 1.82) is 0 Å². The lowest BCUT2D eigenvalue weighted by Gasteiger charge is -2.61. The highest BCUT2D eigenvalue weighted by molar-refractivity contribution is 5.89. The summed E-state index contributed by atoms with van der Waals surface area (Å²) in [7, 11) is 0. The van der Waals surface area contributed by atoms with Crippen LogP contribution in [0, 0.1) is 17.3 Å². The van der Waals surface area contributed by atoms with Gasteiger partial charge in [0.2, 0.25) is 0 Å². The van der Waals surface area contributed by atoms with Crippen molar-refractivity contribution < 1.29 is 33.3 Å². The normalized spacial score (nSPS) is 38.7. The van der Waals surface area contributed by atoms with Crippen LogP contribution in [0.1, 0.15) is 71.2 Å². The lowest BCUT2D eigenvalue weighted by molar-refractivity contribution is -0.282. The minimum Gasteiger partial charge on any atom is -0.459 e. The number of carbonyl (C=O) groups is 3. The molecule has 1 spiro atoms. The number of carbonyl (C=O) groups excluding carboxylic acids is 3. The summed E-state index contributed by atoms with van der Waals surface area (Å²) in [6.07, 6.45) is -0.217. The largest absolute Gasteiger partial charge is 0.459 e. The Morgan fingerprint density at radius 1 is 0.939 bits per heavy atom. The highest BCUT2D eigenvalue weighted by Gasteiger charge is 2.75. The first-order valence-electron chi connectivity index (χ1n) is 11.7. The molecule has 1 aliphatic heterocycles. The molecule has 7 nitrogen and oxygen atoms in total. The van der Waals surface area contributed by atoms with Crippen LogP contribution in [0.25, 0.3) is 0 Å². The van der Waals surface area contributed by atoms with Crippen LogP contribution in [0.2, 0.25) is 0 Å². The number of hydrogen-bond acceptors (Lipinski definition) is 7. The van der Waals surface area contributed by atoms with Crippen LogP contribution in [0.3, 0.4) is 0 Å². The Kier molecular flexibility index (Phi) is 5.84. The molecule has 0 radical (unpaired) electrons. The Morgan fingerprint density at radius 2 is 1.58 bits per heavy atom. The maximum absolute atomic E-state index is 13.1. The summed E-state index contributed by atoms with van der Waals surface area (Å²) in [5, 5.41) is 0.